The van der Waals surface area contributed by atoms with E-state index in [0.717, 1.165) is 25.7 Å². The number of carboxylic acid groups (broad SMARTS) is 1. The maximum absolute atomic E-state index is 12.0. The summed E-state index contributed by atoms with van der Waals surface area (Å²) in [5, 5.41) is 8.60. The number of nitrogens with zero attached hydrogens (tertiary/aromatic N) is 1. The minimum Gasteiger partial charge on any atom is -0.481 e. The number of sulfonamides is 1. The summed E-state index contributed by atoms with van der Waals surface area (Å²) < 4.78 is 25.4. The third-order valence-electron chi connectivity index (χ3n) is 3.00. The summed E-state index contributed by atoms with van der Waals surface area (Å²) >= 11 is 0. The van der Waals surface area contributed by atoms with Gasteiger partial charge in [0.2, 0.25) is 10.0 Å². The van der Waals surface area contributed by atoms with E-state index in [4.69, 9.17) is 5.11 Å². The summed E-state index contributed by atoms with van der Waals surface area (Å²) in [5.41, 5.74) is 0. The molecule has 0 atom stereocenters. The summed E-state index contributed by atoms with van der Waals surface area (Å²) in [4.78, 5) is 10.5. The van der Waals surface area contributed by atoms with Crippen LogP contribution in [0.15, 0.2) is 0 Å². The van der Waals surface area contributed by atoms with Gasteiger partial charge in [-0.05, 0) is 31.6 Å². The lowest BCUT2D eigenvalue weighted by Crippen LogP contribution is -2.37. The first kappa shape index (κ1) is 11.9. The maximum Gasteiger partial charge on any atom is 0.304 e. The molecule has 16 heavy (non-hydrogen) atoms. The molecule has 0 bridgehead atoms. The molecule has 0 radical (unpaired) electrons. The number of carbonyl (C=O) groups is 1. The Hall–Kier alpha value is -0.620. The van der Waals surface area contributed by atoms with Gasteiger partial charge in [0.15, 0.2) is 0 Å². The van der Waals surface area contributed by atoms with Crippen molar-refractivity contribution in [3.05, 3.63) is 0 Å². The summed E-state index contributed by atoms with van der Waals surface area (Å²) in [5.74, 6) is -0.410. The van der Waals surface area contributed by atoms with Crippen molar-refractivity contribution in [3.63, 3.8) is 0 Å². The predicted molar refractivity (Wildman–Crippen MR) is 58.5 cm³/mol. The fourth-order valence-corrected chi connectivity index (χ4v) is 3.95. The van der Waals surface area contributed by atoms with Crippen LogP contribution in [-0.2, 0) is 14.8 Å². The molecule has 2 rings (SSSR count). The topological polar surface area (TPSA) is 74.7 Å². The Kier molecular flexibility index (Phi) is 3.21. The van der Waals surface area contributed by atoms with Crippen LogP contribution < -0.4 is 0 Å². The molecule has 5 nitrogen and oxygen atoms in total. The molecule has 1 N–H and O–H groups in total. The maximum atomic E-state index is 12.0. The van der Waals surface area contributed by atoms with E-state index in [-0.39, 0.29) is 24.8 Å². The average molecular weight is 247 g/mol. The van der Waals surface area contributed by atoms with Crippen LogP contribution in [0.4, 0.5) is 0 Å². The molecule has 6 heteroatoms. The van der Waals surface area contributed by atoms with E-state index in [1.807, 2.05) is 0 Å². The molecule has 0 amide bonds. The zero-order chi connectivity index (χ0) is 11.8. The molecule has 2 fully saturated rings. The van der Waals surface area contributed by atoms with Crippen molar-refractivity contribution in [2.45, 2.75) is 38.1 Å². The Morgan fingerprint density at radius 3 is 2.31 bits per heavy atom. The minimum absolute atomic E-state index is 0.0723. The second-order valence-electron chi connectivity index (χ2n) is 4.71. The van der Waals surface area contributed by atoms with E-state index in [0.29, 0.717) is 5.92 Å². The number of aliphatic carboxylic acids is 1. The molecular formula is C10H17NO4S. The molecule has 0 aliphatic heterocycles. The van der Waals surface area contributed by atoms with E-state index in [9.17, 15) is 13.2 Å². The Labute approximate surface area is 95.5 Å². The van der Waals surface area contributed by atoms with Crippen LogP contribution in [0.3, 0.4) is 0 Å². The van der Waals surface area contributed by atoms with Crippen molar-refractivity contribution in [2.75, 3.05) is 12.3 Å². The molecule has 0 heterocycles. The molecule has 0 unspecified atom stereocenters. The normalized spacial score (nSPS) is 21.3. The summed E-state index contributed by atoms with van der Waals surface area (Å²) in [6.07, 6.45) is 3.65. The fourth-order valence-electron chi connectivity index (χ4n) is 1.80. The molecule has 0 aromatic heterocycles. The monoisotopic (exact) mass is 247 g/mol. The highest BCUT2D eigenvalue weighted by molar-refractivity contribution is 7.89. The van der Waals surface area contributed by atoms with E-state index in [2.05, 4.69) is 0 Å². The van der Waals surface area contributed by atoms with Gasteiger partial charge in [-0.3, -0.25) is 4.79 Å². The lowest BCUT2D eigenvalue weighted by Gasteiger charge is -2.20. The van der Waals surface area contributed by atoms with Crippen LogP contribution in [-0.4, -0.2) is 42.1 Å². The van der Waals surface area contributed by atoms with Crippen molar-refractivity contribution in [2.24, 2.45) is 5.92 Å². The average Bonchev–Trinajstić information content (AvgIpc) is 2.95. The highest BCUT2D eigenvalue weighted by Crippen LogP contribution is 2.35. The van der Waals surface area contributed by atoms with Crippen LogP contribution >= 0.6 is 0 Å². The number of carboxylic acids is 1. The lowest BCUT2D eigenvalue weighted by atomic mass is 10.4. The standard InChI is InChI=1S/C10H17NO4S/c12-10(13)5-6-11(9-3-4-9)16(14,15)7-8-1-2-8/h8-9H,1-7H2,(H,12,13). The van der Waals surface area contributed by atoms with Gasteiger partial charge in [0.25, 0.3) is 0 Å². The molecule has 92 valence electrons. The summed E-state index contributed by atoms with van der Waals surface area (Å²) in [6.45, 7) is 0.134. The van der Waals surface area contributed by atoms with E-state index >= 15 is 0 Å². The largest absolute Gasteiger partial charge is 0.481 e. The van der Waals surface area contributed by atoms with Crippen LogP contribution in [0.1, 0.15) is 32.1 Å². The zero-order valence-corrected chi connectivity index (χ0v) is 9.95. The SMILES string of the molecule is O=C(O)CCN(C1CC1)S(=O)(=O)CC1CC1. The van der Waals surface area contributed by atoms with Crippen LogP contribution in [0.25, 0.3) is 0 Å². The second-order valence-corrected chi connectivity index (χ2v) is 6.67. The van der Waals surface area contributed by atoms with Crippen molar-refractivity contribution in [1.29, 1.82) is 0 Å². The summed E-state index contributed by atoms with van der Waals surface area (Å²) in [7, 11) is -3.22. The van der Waals surface area contributed by atoms with E-state index < -0.39 is 16.0 Å². The molecule has 2 aliphatic carbocycles. The van der Waals surface area contributed by atoms with Gasteiger partial charge < -0.3 is 5.11 Å². The Morgan fingerprint density at radius 1 is 1.25 bits per heavy atom. The van der Waals surface area contributed by atoms with Gasteiger partial charge in [0.1, 0.15) is 0 Å². The molecule has 0 aromatic rings. The first-order chi connectivity index (χ1) is 7.49. The van der Waals surface area contributed by atoms with Crippen molar-refractivity contribution >= 4 is 16.0 Å². The molecular weight excluding hydrogens is 230 g/mol. The molecule has 2 aliphatic rings. The molecule has 0 aromatic carbocycles. The predicted octanol–water partition coefficient (Wildman–Crippen LogP) is 0.665. The van der Waals surface area contributed by atoms with Gasteiger partial charge in [-0.1, -0.05) is 0 Å². The van der Waals surface area contributed by atoms with Gasteiger partial charge in [0.05, 0.1) is 12.2 Å². The Balaban J connectivity index is 1.96. The molecule has 0 saturated heterocycles. The minimum atomic E-state index is -3.22. The Bertz CT molecular complexity index is 370. The van der Waals surface area contributed by atoms with Crippen molar-refractivity contribution in [3.8, 4) is 0 Å². The lowest BCUT2D eigenvalue weighted by molar-refractivity contribution is -0.137. The highest BCUT2D eigenvalue weighted by atomic mass is 32.2. The number of hydrogen-bond acceptors (Lipinski definition) is 3. The zero-order valence-electron chi connectivity index (χ0n) is 9.13. The first-order valence-corrected chi connectivity index (χ1v) is 7.31. The van der Waals surface area contributed by atoms with E-state index in [1.165, 1.54) is 4.31 Å². The van der Waals surface area contributed by atoms with Crippen LogP contribution in [0, 0.1) is 5.92 Å². The van der Waals surface area contributed by atoms with Crippen molar-refractivity contribution in [1.82, 2.24) is 4.31 Å². The van der Waals surface area contributed by atoms with Gasteiger partial charge >= 0.3 is 5.97 Å². The quantitative estimate of drug-likeness (QED) is 0.717. The molecule has 0 spiro atoms. The van der Waals surface area contributed by atoms with Crippen LogP contribution in [0.5, 0.6) is 0 Å². The highest BCUT2D eigenvalue weighted by Gasteiger charge is 2.39. The molecule has 2 saturated carbocycles. The van der Waals surface area contributed by atoms with Gasteiger partial charge in [-0.25, -0.2) is 8.42 Å². The first-order valence-electron chi connectivity index (χ1n) is 5.70. The number of rotatable bonds is 7. The number of hydrogen-bond donors (Lipinski definition) is 1. The summed E-state index contributed by atoms with van der Waals surface area (Å²) in [6, 6.07) is 0.0723. The van der Waals surface area contributed by atoms with Crippen molar-refractivity contribution < 1.29 is 18.3 Å². The van der Waals surface area contributed by atoms with Gasteiger partial charge in [0, 0.05) is 12.6 Å². The smallest absolute Gasteiger partial charge is 0.304 e. The second kappa shape index (κ2) is 4.33. The van der Waals surface area contributed by atoms with Gasteiger partial charge in [-0.2, -0.15) is 4.31 Å². The third-order valence-corrected chi connectivity index (χ3v) is 5.09. The van der Waals surface area contributed by atoms with E-state index in [1.54, 1.807) is 0 Å². The third kappa shape index (κ3) is 3.18. The van der Waals surface area contributed by atoms with Crippen LogP contribution in [0.2, 0.25) is 0 Å². The Morgan fingerprint density at radius 2 is 1.88 bits per heavy atom. The van der Waals surface area contributed by atoms with Gasteiger partial charge in [-0.15, -0.1) is 0 Å². The fraction of sp³-hybridized carbons (Fsp3) is 0.900.